The predicted octanol–water partition coefficient (Wildman–Crippen LogP) is 3.78. The summed E-state index contributed by atoms with van der Waals surface area (Å²) < 4.78 is 1.09. The number of rotatable bonds is 2. The van der Waals surface area contributed by atoms with Gasteiger partial charge in [-0.05, 0) is 30.2 Å². The summed E-state index contributed by atoms with van der Waals surface area (Å²) in [6, 6.07) is 8.69. The molecule has 0 N–H and O–H groups in total. The molecular formula is C15H13BrN4S. The lowest BCUT2D eigenvalue weighted by molar-refractivity contribution is 0.626. The highest BCUT2D eigenvalue weighted by molar-refractivity contribution is 9.10. The molecule has 6 heteroatoms. The molecule has 2 aromatic rings. The van der Waals surface area contributed by atoms with Crippen LogP contribution in [0.4, 0.5) is 5.82 Å². The van der Waals surface area contributed by atoms with E-state index in [2.05, 4.69) is 49.0 Å². The molecule has 1 aliphatic rings. The SMILES string of the molecule is CN(c1cnc(C#N)cn1)C1CCSc2ccc(Br)cc21. The van der Waals surface area contributed by atoms with Gasteiger partial charge < -0.3 is 4.90 Å². The predicted molar refractivity (Wildman–Crippen MR) is 87.4 cm³/mol. The van der Waals surface area contributed by atoms with E-state index in [0.717, 1.165) is 22.5 Å². The minimum absolute atomic E-state index is 0.279. The van der Waals surface area contributed by atoms with Crippen molar-refractivity contribution < 1.29 is 0 Å². The number of nitriles is 1. The first-order valence-corrected chi connectivity index (χ1v) is 8.34. The largest absolute Gasteiger partial charge is 0.351 e. The van der Waals surface area contributed by atoms with Crippen molar-refractivity contribution in [2.75, 3.05) is 17.7 Å². The van der Waals surface area contributed by atoms with Crippen molar-refractivity contribution in [3.63, 3.8) is 0 Å². The molecule has 2 heterocycles. The summed E-state index contributed by atoms with van der Waals surface area (Å²) in [5.74, 6) is 1.88. The Kier molecular flexibility index (Phi) is 4.13. The Hall–Kier alpha value is -1.58. The molecule has 3 rings (SSSR count). The first-order valence-electron chi connectivity index (χ1n) is 6.56. The summed E-state index contributed by atoms with van der Waals surface area (Å²) in [6.07, 6.45) is 4.25. The highest BCUT2D eigenvalue weighted by Crippen LogP contribution is 2.41. The number of halogens is 1. The molecule has 106 valence electrons. The van der Waals surface area contributed by atoms with E-state index in [1.807, 2.05) is 24.9 Å². The third-order valence-corrected chi connectivity index (χ3v) is 5.18. The number of anilines is 1. The van der Waals surface area contributed by atoms with Gasteiger partial charge in [0.05, 0.1) is 18.4 Å². The summed E-state index contributed by atoms with van der Waals surface area (Å²) in [6.45, 7) is 0. The van der Waals surface area contributed by atoms with Gasteiger partial charge in [0.1, 0.15) is 11.9 Å². The first kappa shape index (κ1) is 14.4. The molecular weight excluding hydrogens is 348 g/mol. The lowest BCUT2D eigenvalue weighted by Gasteiger charge is -2.33. The zero-order valence-corrected chi connectivity index (χ0v) is 13.9. The van der Waals surface area contributed by atoms with Gasteiger partial charge in [0.2, 0.25) is 0 Å². The molecule has 1 unspecified atom stereocenters. The molecule has 0 radical (unpaired) electrons. The Morgan fingerprint density at radius 3 is 2.95 bits per heavy atom. The van der Waals surface area contributed by atoms with Gasteiger partial charge in [-0.15, -0.1) is 11.8 Å². The summed E-state index contributed by atoms with van der Waals surface area (Å²) in [5.41, 5.74) is 1.66. The summed E-state index contributed by atoms with van der Waals surface area (Å²) in [7, 11) is 2.03. The van der Waals surface area contributed by atoms with E-state index in [1.54, 1.807) is 6.20 Å². The molecule has 0 amide bonds. The molecule has 21 heavy (non-hydrogen) atoms. The van der Waals surface area contributed by atoms with Crippen LogP contribution in [0, 0.1) is 11.3 Å². The summed E-state index contributed by atoms with van der Waals surface area (Å²) >= 11 is 5.44. The Morgan fingerprint density at radius 2 is 2.24 bits per heavy atom. The minimum atomic E-state index is 0.279. The van der Waals surface area contributed by atoms with Crippen molar-refractivity contribution in [2.24, 2.45) is 0 Å². The second kappa shape index (κ2) is 6.04. The van der Waals surface area contributed by atoms with Crippen LogP contribution >= 0.6 is 27.7 Å². The molecule has 0 saturated carbocycles. The molecule has 0 aliphatic carbocycles. The zero-order chi connectivity index (χ0) is 14.8. The summed E-state index contributed by atoms with van der Waals surface area (Å²) in [5, 5.41) is 8.80. The van der Waals surface area contributed by atoms with Crippen LogP contribution in [0.25, 0.3) is 0 Å². The van der Waals surface area contributed by atoms with Gasteiger partial charge in [-0.2, -0.15) is 5.26 Å². The van der Waals surface area contributed by atoms with Crippen molar-refractivity contribution in [3.05, 3.63) is 46.3 Å². The van der Waals surface area contributed by atoms with Crippen molar-refractivity contribution in [2.45, 2.75) is 17.4 Å². The second-order valence-electron chi connectivity index (χ2n) is 4.82. The van der Waals surface area contributed by atoms with E-state index < -0.39 is 0 Å². The van der Waals surface area contributed by atoms with E-state index in [9.17, 15) is 0 Å². The Morgan fingerprint density at radius 1 is 1.38 bits per heavy atom. The maximum atomic E-state index is 8.80. The topological polar surface area (TPSA) is 52.8 Å². The molecule has 1 aromatic heterocycles. The Labute approximate surface area is 136 Å². The number of thioether (sulfide) groups is 1. The van der Waals surface area contributed by atoms with Crippen LogP contribution < -0.4 is 4.90 Å². The molecule has 0 fully saturated rings. The van der Waals surface area contributed by atoms with E-state index in [0.29, 0.717) is 5.69 Å². The first-order chi connectivity index (χ1) is 10.2. The van der Waals surface area contributed by atoms with E-state index in [1.165, 1.54) is 16.7 Å². The smallest absolute Gasteiger partial charge is 0.158 e. The van der Waals surface area contributed by atoms with Gasteiger partial charge in [-0.3, -0.25) is 0 Å². The van der Waals surface area contributed by atoms with Crippen molar-refractivity contribution in [1.82, 2.24) is 9.97 Å². The van der Waals surface area contributed by atoms with E-state index in [-0.39, 0.29) is 6.04 Å². The van der Waals surface area contributed by atoms with Crippen LogP contribution in [0.5, 0.6) is 0 Å². The number of aromatic nitrogens is 2. The number of benzene rings is 1. The van der Waals surface area contributed by atoms with Gasteiger partial charge in [0, 0.05) is 22.2 Å². The zero-order valence-electron chi connectivity index (χ0n) is 11.5. The quantitative estimate of drug-likeness (QED) is 0.815. The maximum Gasteiger partial charge on any atom is 0.158 e. The van der Waals surface area contributed by atoms with Gasteiger partial charge in [-0.25, -0.2) is 9.97 Å². The molecule has 1 aromatic carbocycles. The highest BCUT2D eigenvalue weighted by atomic mass is 79.9. The normalized spacial score (nSPS) is 16.9. The average Bonchev–Trinajstić information content (AvgIpc) is 2.53. The Balaban J connectivity index is 1.94. The van der Waals surface area contributed by atoms with Gasteiger partial charge in [-0.1, -0.05) is 15.9 Å². The van der Waals surface area contributed by atoms with Crippen LogP contribution in [0.15, 0.2) is 40.0 Å². The van der Waals surface area contributed by atoms with Gasteiger partial charge in [0.25, 0.3) is 0 Å². The number of hydrogen-bond donors (Lipinski definition) is 0. The highest BCUT2D eigenvalue weighted by Gasteiger charge is 2.25. The fourth-order valence-corrected chi connectivity index (χ4v) is 3.94. The van der Waals surface area contributed by atoms with Crippen LogP contribution in [0.3, 0.4) is 0 Å². The standard InChI is InChI=1S/C15H13BrN4S/c1-20(15-9-18-11(7-17)8-19-15)13-4-5-21-14-3-2-10(16)6-12(13)14/h2-3,6,8-9,13H,4-5H2,1H3. The van der Waals surface area contributed by atoms with Crippen molar-refractivity contribution >= 4 is 33.5 Å². The van der Waals surface area contributed by atoms with Crippen molar-refractivity contribution in [1.29, 1.82) is 5.26 Å². The number of hydrogen-bond acceptors (Lipinski definition) is 5. The molecule has 0 spiro atoms. The molecule has 4 nitrogen and oxygen atoms in total. The minimum Gasteiger partial charge on any atom is -0.351 e. The van der Waals surface area contributed by atoms with Crippen LogP contribution in [-0.4, -0.2) is 22.8 Å². The maximum absolute atomic E-state index is 8.80. The van der Waals surface area contributed by atoms with Gasteiger partial charge in [0.15, 0.2) is 5.69 Å². The van der Waals surface area contributed by atoms with Crippen LogP contribution in [0.2, 0.25) is 0 Å². The molecule has 0 saturated heterocycles. The van der Waals surface area contributed by atoms with Crippen LogP contribution in [-0.2, 0) is 0 Å². The molecule has 1 aliphatic heterocycles. The number of fused-ring (bicyclic) bond motifs is 1. The lowest BCUT2D eigenvalue weighted by Crippen LogP contribution is -2.28. The third-order valence-electron chi connectivity index (χ3n) is 3.56. The average molecular weight is 361 g/mol. The van der Waals surface area contributed by atoms with Gasteiger partial charge >= 0.3 is 0 Å². The third kappa shape index (κ3) is 2.89. The fourth-order valence-electron chi connectivity index (χ4n) is 2.47. The molecule has 1 atom stereocenters. The van der Waals surface area contributed by atoms with E-state index >= 15 is 0 Å². The van der Waals surface area contributed by atoms with Crippen molar-refractivity contribution in [3.8, 4) is 6.07 Å². The second-order valence-corrected chi connectivity index (χ2v) is 6.87. The molecule has 0 bridgehead atoms. The fraction of sp³-hybridized carbons (Fsp3) is 0.267. The monoisotopic (exact) mass is 360 g/mol. The van der Waals surface area contributed by atoms with E-state index in [4.69, 9.17) is 5.26 Å². The van der Waals surface area contributed by atoms with Crippen LogP contribution in [0.1, 0.15) is 23.7 Å². The number of nitrogens with zero attached hydrogens (tertiary/aromatic N) is 4. The Bertz CT molecular complexity index is 696. The lowest BCUT2D eigenvalue weighted by atomic mass is 10.0. The summed E-state index contributed by atoms with van der Waals surface area (Å²) in [4.78, 5) is 11.9.